The number of ether oxygens (including phenoxy) is 1. The van der Waals surface area contributed by atoms with Crippen molar-refractivity contribution >= 4 is 76.7 Å². The summed E-state index contributed by atoms with van der Waals surface area (Å²) in [5, 5.41) is -6.42. The van der Waals surface area contributed by atoms with Gasteiger partial charge in [-0.05, 0) is 62.6 Å². The van der Waals surface area contributed by atoms with Gasteiger partial charge in [0.1, 0.15) is 17.4 Å². The van der Waals surface area contributed by atoms with Crippen molar-refractivity contribution in [2.45, 2.75) is 53.2 Å². The second-order valence-electron chi connectivity index (χ2n) is 12.3. The lowest BCUT2D eigenvalue weighted by atomic mass is 9.15. The quantitative estimate of drug-likeness (QED) is 0.356. The van der Waals surface area contributed by atoms with Gasteiger partial charge in [-0.25, -0.2) is 22.5 Å². The molecule has 0 saturated carbocycles. The molecule has 14 radical (unpaired) electrons. The van der Waals surface area contributed by atoms with Gasteiger partial charge in [0, 0.05) is 23.7 Å². The van der Waals surface area contributed by atoms with E-state index in [9.17, 15) is 17.6 Å². The summed E-state index contributed by atoms with van der Waals surface area (Å²) in [4.78, 5) is 20.1. The predicted molar refractivity (Wildman–Crippen MR) is 180 cm³/mol. The van der Waals surface area contributed by atoms with E-state index in [1.54, 1.807) is 18.2 Å². The number of carbonyl (C=O) groups is 1. The van der Waals surface area contributed by atoms with Crippen LogP contribution >= 0.6 is 0 Å². The van der Waals surface area contributed by atoms with Crippen LogP contribution in [0.15, 0.2) is 65.6 Å². The minimum Gasteiger partial charge on any atom is -0.494 e. The third kappa shape index (κ3) is 7.37. The number of carbonyl (C=O) groups excluding carboxylic acids is 1. The number of aromatic nitrogens is 1. The zero-order valence-corrected chi connectivity index (χ0v) is 26.1. The van der Waals surface area contributed by atoms with Gasteiger partial charge in [0.2, 0.25) is 0 Å². The number of rotatable bonds is 10. The first-order chi connectivity index (χ1) is 20.6. The van der Waals surface area contributed by atoms with Crippen molar-refractivity contribution in [1.29, 1.82) is 0 Å². The molecule has 0 aliphatic carbocycles. The molecule has 45 heavy (non-hydrogen) atoms. The maximum Gasteiger partial charge on any atom is 0.268 e. The molecule has 1 aliphatic heterocycles. The average molecular weight is 608 g/mol. The molecule has 0 bridgehead atoms. The van der Waals surface area contributed by atoms with Crippen LogP contribution in [0.4, 0.5) is 10.2 Å². The minimum absolute atomic E-state index is 0.0246. The predicted octanol–water partition coefficient (Wildman–Crippen LogP) is 2.50. The zero-order chi connectivity index (χ0) is 33.6. The zero-order valence-electron chi connectivity index (χ0n) is 25.3. The summed E-state index contributed by atoms with van der Waals surface area (Å²) in [7, 11) is 36.7. The standard InChI is InChI=1S/C29H27B7FN3O4S/c1-17-14-26(2,3)40(15-17)24-22(25(41)39-45(42,43)21-7-5-4-6-8-21)9-10-23(38-24)18-11-19(37)13-20(12-18)44-16-27(30,28(31,32)33)29(34,35)36/h4-13,17H,14-16H2,1-3H3,(H,39,41)/t17-/m0/s1. The summed E-state index contributed by atoms with van der Waals surface area (Å²) >= 11 is 0. The highest BCUT2D eigenvalue weighted by Crippen LogP contribution is 2.55. The van der Waals surface area contributed by atoms with Crippen molar-refractivity contribution in [3.05, 3.63) is 72.0 Å². The number of hydrogen-bond acceptors (Lipinski definition) is 6. The molecule has 0 spiro atoms. The van der Waals surface area contributed by atoms with E-state index in [1.165, 1.54) is 36.4 Å². The fourth-order valence-electron chi connectivity index (χ4n) is 5.40. The fourth-order valence-corrected chi connectivity index (χ4v) is 6.39. The normalized spacial score (nSPS) is 17.2. The molecule has 1 aliphatic rings. The number of amides is 1. The maximum atomic E-state index is 14.9. The van der Waals surface area contributed by atoms with E-state index in [4.69, 9.17) is 64.6 Å². The molecule has 1 amide bonds. The van der Waals surface area contributed by atoms with Crippen LogP contribution in [-0.2, 0) is 10.0 Å². The van der Waals surface area contributed by atoms with E-state index in [-0.39, 0.29) is 39.2 Å². The highest BCUT2D eigenvalue weighted by atomic mass is 32.2. The first kappa shape index (κ1) is 34.9. The van der Waals surface area contributed by atoms with Crippen LogP contribution in [0.2, 0.25) is 15.5 Å². The van der Waals surface area contributed by atoms with Gasteiger partial charge in [0.15, 0.2) is 0 Å². The summed E-state index contributed by atoms with van der Waals surface area (Å²) in [6.07, 6.45) is 0.789. The van der Waals surface area contributed by atoms with E-state index < -0.39 is 49.4 Å². The second kappa shape index (κ2) is 12.3. The van der Waals surface area contributed by atoms with Crippen molar-refractivity contribution < 1.29 is 22.3 Å². The molecule has 1 fully saturated rings. The van der Waals surface area contributed by atoms with E-state index in [1.807, 2.05) is 18.7 Å². The summed E-state index contributed by atoms with van der Waals surface area (Å²) in [5.74, 6) is -1.11. The number of halogens is 1. The van der Waals surface area contributed by atoms with Crippen molar-refractivity contribution in [3.8, 4) is 17.0 Å². The van der Waals surface area contributed by atoms with Gasteiger partial charge in [-0.3, -0.25) is 4.79 Å². The van der Waals surface area contributed by atoms with Crippen LogP contribution in [0.1, 0.15) is 37.6 Å². The number of benzene rings is 2. The first-order valence-electron chi connectivity index (χ1n) is 14.0. The Kier molecular flexibility index (Phi) is 9.53. The van der Waals surface area contributed by atoms with Crippen molar-refractivity contribution in [1.82, 2.24) is 9.71 Å². The number of sulfonamides is 1. The Morgan fingerprint density at radius 2 is 1.64 bits per heavy atom. The van der Waals surface area contributed by atoms with Crippen LogP contribution in [0.5, 0.6) is 5.75 Å². The topological polar surface area (TPSA) is 88.6 Å². The molecule has 4 rings (SSSR count). The van der Waals surface area contributed by atoms with Crippen LogP contribution in [0.3, 0.4) is 0 Å². The van der Waals surface area contributed by atoms with Gasteiger partial charge in [-0.1, -0.05) is 30.4 Å². The van der Waals surface area contributed by atoms with Gasteiger partial charge in [0.25, 0.3) is 15.9 Å². The summed E-state index contributed by atoms with van der Waals surface area (Å²) in [6.45, 7) is 6.02. The fraction of sp³-hybridized carbons (Fsp3) is 0.379. The Bertz CT molecular complexity index is 1670. The third-order valence-corrected chi connectivity index (χ3v) is 9.25. The number of hydrogen-bond donors (Lipinski definition) is 1. The minimum atomic E-state index is -4.18. The Morgan fingerprint density at radius 3 is 2.20 bits per heavy atom. The summed E-state index contributed by atoms with van der Waals surface area (Å²) in [6, 6.07) is 14.2. The van der Waals surface area contributed by atoms with Crippen molar-refractivity contribution in [2.24, 2.45) is 5.92 Å². The molecule has 2 aromatic carbocycles. The molecule has 0 unspecified atom stereocenters. The highest BCUT2D eigenvalue weighted by molar-refractivity contribution is 7.90. The van der Waals surface area contributed by atoms with E-state index in [0.717, 1.165) is 12.5 Å². The lowest BCUT2D eigenvalue weighted by Gasteiger charge is -2.54. The lowest BCUT2D eigenvalue weighted by Crippen LogP contribution is -2.47. The van der Waals surface area contributed by atoms with Crippen molar-refractivity contribution in [3.63, 3.8) is 0 Å². The molecule has 1 N–H and O–H groups in total. The molecular formula is C29H27B7FN3O4S. The summed E-state index contributed by atoms with van der Waals surface area (Å²) < 4.78 is 48.7. The van der Waals surface area contributed by atoms with Gasteiger partial charge < -0.3 is 9.64 Å². The molecule has 216 valence electrons. The Morgan fingerprint density at radius 1 is 1.02 bits per heavy atom. The second-order valence-corrected chi connectivity index (χ2v) is 14.0. The monoisotopic (exact) mass is 609 g/mol. The average Bonchev–Trinajstić information content (AvgIpc) is 3.21. The molecule has 1 atom stereocenters. The van der Waals surface area contributed by atoms with Gasteiger partial charge >= 0.3 is 0 Å². The van der Waals surface area contributed by atoms with Crippen LogP contribution in [0.25, 0.3) is 11.3 Å². The molecule has 1 aromatic heterocycles. The number of nitrogens with zero attached hydrogens (tertiary/aromatic N) is 2. The van der Waals surface area contributed by atoms with Gasteiger partial charge in [-0.2, -0.15) is 0 Å². The number of pyridine rings is 1. The molecule has 1 saturated heterocycles. The number of nitrogens with one attached hydrogen (secondary N) is 1. The number of anilines is 1. The van der Waals surface area contributed by atoms with E-state index >= 15 is 0 Å². The van der Waals surface area contributed by atoms with Gasteiger partial charge in [-0.15, -0.1) is 10.2 Å². The van der Waals surface area contributed by atoms with Crippen LogP contribution in [0, 0.1) is 11.7 Å². The SMILES string of the molecule is [B]C([B])([B])C([B])(COc1cc(F)cc(-c2ccc(C(=O)NS(=O)(=O)c3ccccc3)c(N3C[C@@H](C)CC3(C)C)n2)c1)C([B])([B])[B]. The van der Waals surface area contributed by atoms with Crippen LogP contribution < -0.4 is 14.4 Å². The summed E-state index contributed by atoms with van der Waals surface area (Å²) in [5.41, 5.74) is 0.124. The van der Waals surface area contributed by atoms with Gasteiger partial charge in [0.05, 0.1) is 77.7 Å². The van der Waals surface area contributed by atoms with E-state index in [2.05, 4.69) is 11.6 Å². The first-order valence-corrected chi connectivity index (χ1v) is 15.5. The molecule has 3 aromatic rings. The molecule has 16 heteroatoms. The largest absolute Gasteiger partial charge is 0.494 e. The Hall–Kier alpha value is -3.01. The Balaban J connectivity index is 1.74. The highest BCUT2D eigenvalue weighted by Gasteiger charge is 2.44. The third-order valence-electron chi connectivity index (χ3n) is 7.91. The van der Waals surface area contributed by atoms with Crippen molar-refractivity contribution in [2.75, 3.05) is 18.1 Å². The maximum absolute atomic E-state index is 14.9. The van der Waals surface area contributed by atoms with E-state index in [0.29, 0.717) is 6.54 Å². The molecule has 2 heterocycles. The smallest absolute Gasteiger partial charge is 0.268 e. The molecule has 7 nitrogen and oxygen atoms in total. The lowest BCUT2D eigenvalue weighted by molar-refractivity contribution is 0.0981. The van der Waals surface area contributed by atoms with Crippen LogP contribution in [-0.4, -0.2) is 92.9 Å². The Labute approximate surface area is 274 Å². The molecular weight excluding hydrogens is 581 g/mol.